The van der Waals surface area contributed by atoms with Crippen molar-refractivity contribution < 1.29 is 14.6 Å². The molecule has 0 bridgehead atoms. The Labute approximate surface area is 112 Å². The third-order valence-corrected chi connectivity index (χ3v) is 2.59. The molecule has 100 valence electrons. The van der Waals surface area contributed by atoms with Gasteiger partial charge in [0.15, 0.2) is 0 Å². The molecule has 0 saturated carbocycles. The highest BCUT2D eigenvalue weighted by molar-refractivity contribution is 5.95. The number of pyridine rings is 1. The summed E-state index contributed by atoms with van der Waals surface area (Å²) in [5, 5.41) is 12.9. The van der Waals surface area contributed by atoms with Crippen LogP contribution in [0.25, 0.3) is 5.52 Å². The van der Waals surface area contributed by atoms with Crippen LogP contribution in [0.1, 0.15) is 10.4 Å². The summed E-state index contributed by atoms with van der Waals surface area (Å²) in [5.74, 6) is -0.175. The lowest BCUT2D eigenvalue weighted by molar-refractivity contribution is 0.0699. The van der Waals surface area contributed by atoms with Gasteiger partial charge in [-0.3, -0.25) is 0 Å². The zero-order chi connectivity index (χ0) is 14.1. The molecule has 8 heteroatoms. The monoisotopic (exact) mass is 271 g/mol. The van der Waals surface area contributed by atoms with Gasteiger partial charge in [0.1, 0.15) is 11.3 Å². The lowest BCUT2D eigenvalue weighted by Gasteiger charge is -2.05. The smallest absolute Gasteiger partial charge is 0.339 e. The lowest BCUT2D eigenvalue weighted by Crippen LogP contribution is -1.98. The Morgan fingerprint density at radius 3 is 2.95 bits per heavy atom. The topological polar surface area (TPSA) is 116 Å². The number of aromatic carboxylic acids is 1. The molecule has 0 aliphatic heterocycles. The average molecular weight is 271 g/mol. The molecule has 20 heavy (non-hydrogen) atoms. The molecule has 0 aromatic carbocycles. The first-order valence-electron chi connectivity index (χ1n) is 5.60. The minimum atomic E-state index is -1.03. The number of nitrogens with zero attached hydrogens (tertiary/aromatic N) is 4. The Kier molecular flexibility index (Phi) is 2.68. The van der Waals surface area contributed by atoms with Gasteiger partial charge in [-0.15, -0.1) is 0 Å². The highest BCUT2D eigenvalue weighted by Gasteiger charge is 2.11. The molecule has 3 heterocycles. The molecule has 0 amide bonds. The van der Waals surface area contributed by atoms with Crippen molar-refractivity contribution in [2.75, 3.05) is 5.73 Å². The van der Waals surface area contributed by atoms with E-state index in [2.05, 4.69) is 15.1 Å². The van der Waals surface area contributed by atoms with Gasteiger partial charge in [0.05, 0.1) is 17.9 Å². The van der Waals surface area contributed by atoms with E-state index in [4.69, 9.17) is 15.6 Å². The minimum absolute atomic E-state index is 0.107. The minimum Gasteiger partial charge on any atom is -0.478 e. The summed E-state index contributed by atoms with van der Waals surface area (Å²) < 4.78 is 6.92. The van der Waals surface area contributed by atoms with Gasteiger partial charge < -0.3 is 15.6 Å². The van der Waals surface area contributed by atoms with Crippen molar-refractivity contribution in [3.05, 3.63) is 42.4 Å². The molecule has 3 N–H and O–H groups in total. The number of hydrogen-bond donors (Lipinski definition) is 2. The van der Waals surface area contributed by atoms with Gasteiger partial charge in [-0.05, 0) is 12.1 Å². The van der Waals surface area contributed by atoms with Crippen LogP contribution in [0.15, 0.2) is 36.8 Å². The Morgan fingerprint density at radius 1 is 1.35 bits per heavy atom. The van der Waals surface area contributed by atoms with Crippen molar-refractivity contribution in [3.63, 3.8) is 0 Å². The quantitative estimate of drug-likeness (QED) is 0.735. The van der Waals surface area contributed by atoms with Crippen LogP contribution in [0.4, 0.5) is 5.95 Å². The van der Waals surface area contributed by atoms with E-state index in [-0.39, 0.29) is 11.5 Å². The third kappa shape index (κ3) is 2.09. The number of ether oxygens (including phenoxy) is 1. The number of carboxylic acid groups (broad SMARTS) is 1. The van der Waals surface area contributed by atoms with Gasteiger partial charge in [0.2, 0.25) is 11.8 Å². The Morgan fingerprint density at radius 2 is 2.20 bits per heavy atom. The number of rotatable bonds is 3. The van der Waals surface area contributed by atoms with Crippen molar-refractivity contribution in [2.24, 2.45) is 0 Å². The van der Waals surface area contributed by atoms with Crippen molar-refractivity contribution in [2.45, 2.75) is 0 Å². The molecule has 0 fully saturated rings. The summed E-state index contributed by atoms with van der Waals surface area (Å²) in [6, 6.07) is 4.80. The highest BCUT2D eigenvalue weighted by atomic mass is 16.5. The molecule has 0 spiro atoms. The molecule has 0 aliphatic rings. The first-order chi connectivity index (χ1) is 9.63. The second kappa shape index (κ2) is 4.50. The Hall–Kier alpha value is -3.16. The molecular formula is C12H9N5O3. The van der Waals surface area contributed by atoms with E-state index in [9.17, 15) is 4.79 Å². The van der Waals surface area contributed by atoms with Gasteiger partial charge in [-0.2, -0.15) is 10.1 Å². The van der Waals surface area contributed by atoms with Crippen molar-refractivity contribution in [1.82, 2.24) is 19.6 Å². The van der Waals surface area contributed by atoms with E-state index in [0.717, 1.165) is 0 Å². The zero-order valence-corrected chi connectivity index (χ0v) is 10.1. The number of carbonyl (C=O) groups is 1. The summed E-state index contributed by atoms with van der Waals surface area (Å²) in [5.41, 5.74) is 6.06. The fourth-order valence-electron chi connectivity index (χ4n) is 1.72. The van der Waals surface area contributed by atoms with Crippen molar-refractivity contribution in [1.29, 1.82) is 0 Å². The number of aromatic nitrogens is 4. The predicted molar refractivity (Wildman–Crippen MR) is 68.7 cm³/mol. The van der Waals surface area contributed by atoms with Gasteiger partial charge >= 0.3 is 5.97 Å². The standard InChI is InChI=1S/C12H9N5O3/c13-12-14-4-3-10(16-12)20-7-1-2-9-8(11(18)19)5-15-17(9)6-7/h1-6H,(H,18,19)(H2,13,14,16). The molecule has 3 aromatic rings. The van der Waals surface area contributed by atoms with Gasteiger partial charge in [-0.25, -0.2) is 14.3 Å². The van der Waals surface area contributed by atoms with E-state index >= 15 is 0 Å². The third-order valence-electron chi connectivity index (χ3n) is 2.59. The largest absolute Gasteiger partial charge is 0.478 e. The van der Waals surface area contributed by atoms with Gasteiger partial charge in [0.25, 0.3) is 0 Å². The van der Waals surface area contributed by atoms with Crippen LogP contribution in [0, 0.1) is 0 Å². The maximum atomic E-state index is 11.0. The molecule has 0 unspecified atom stereocenters. The average Bonchev–Trinajstić information content (AvgIpc) is 2.82. The maximum absolute atomic E-state index is 11.0. The molecular weight excluding hydrogens is 262 g/mol. The second-order valence-corrected chi connectivity index (χ2v) is 3.91. The van der Waals surface area contributed by atoms with Crippen LogP contribution < -0.4 is 10.5 Å². The fourth-order valence-corrected chi connectivity index (χ4v) is 1.72. The number of anilines is 1. The van der Waals surface area contributed by atoms with Gasteiger partial charge in [-0.1, -0.05) is 0 Å². The van der Waals surface area contributed by atoms with Crippen LogP contribution in [-0.2, 0) is 0 Å². The zero-order valence-electron chi connectivity index (χ0n) is 10.1. The molecule has 0 saturated heterocycles. The SMILES string of the molecule is Nc1nccc(Oc2ccc3c(C(=O)O)cnn3c2)n1. The molecule has 8 nitrogen and oxygen atoms in total. The molecule has 0 atom stereocenters. The van der Waals surface area contributed by atoms with E-state index in [1.54, 1.807) is 24.4 Å². The Balaban J connectivity index is 1.95. The summed E-state index contributed by atoms with van der Waals surface area (Å²) in [6.45, 7) is 0. The predicted octanol–water partition coefficient (Wildman–Crippen LogP) is 1.20. The molecule has 3 aromatic heterocycles. The van der Waals surface area contributed by atoms with Crippen LogP contribution in [-0.4, -0.2) is 30.7 Å². The van der Waals surface area contributed by atoms with Crippen LogP contribution in [0.5, 0.6) is 11.6 Å². The summed E-state index contributed by atoms with van der Waals surface area (Å²) in [4.78, 5) is 18.6. The number of fused-ring (bicyclic) bond motifs is 1. The van der Waals surface area contributed by atoms with Crippen molar-refractivity contribution >= 4 is 17.4 Å². The van der Waals surface area contributed by atoms with Crippen LogP contribution >= 0.6 is 0 Å². The van der Waals surface area contributed by atoms with Crippen LogP contribution in [0.2, 0.25) is 0 Å². The summed E-state index contributed by atoms with van der Waals surface area (Å²) in [7, 11) is 0. The molecule has 0 aliphatic carbocycles. The molecule has 0 radical (unpaired) electrons. The van der Waals surface area contributed by atoms with E-state index in [1.807, 2.05) is 0 Å². The first-order valence-corrected chi connectivity index (χ1v) is 5.60. The number of carboxylic acids is 1. The van der Waals surface area contributed by atoms with E-state index in [1.165, 1.54) is 16.9 Å². The summed E-state index contributed by atoms with van der Waals surface area (Å²) >= 11 is 0. The van der Waals surface area contributed by atoms with Crippen LogP contribution in [0.3, 0.4) is 0 Å². The first kappa shape index (κ1) is 11.9. The lowest BCUT2D eigenvalue weighted by atomic mass is 10.2. The van der Waals surface area contributed by atoms with E-state index < -0.39 is 5.97 Å². The van der Waals surface area contributed by atoms with Crippen molar-refractivity contribution in [3.8, 4) is 11.6 Å². The summed E-state index contributed by atoms with van der Waals surface area (Å²) in [6.07, 6.45) is 4.32. The highest BCUT2D eigenvalue weighted by Crippen LogP contribution is 2.21. The maximum Gasteiger partial charge on any atom is 0.339 e. The fraction of sp³-hybridized carbons (Fsp3) is 0. The molecule has 3 rings (SSSR count). The number of nitrogen functional groups attached to an aromatic ring is 1. The Bertz CT molecular complexity index is 799. The van der Waals surface area contributed by atoms with Gasteiger partial charge in [0, 0.05) is 12.3 Å². The van der Waals surface area contributed by atoms with E-state index in [0.29, 0.717) is 17.1 Å². The number of nitrogens with two attached hydrogens (primary N) is 1. The normalized spacial score (nSPS) is 10.6. The number of hydrogen-bond acceptors (Lipinski definition) is 6. The second-order valence-electron chi connectivity index (χ2n) is 3.91.